The number of likely N-dealkylation sites (N-methyl/N-ethyl adjacent to an activating group) is 1. The molecule has 8 nitrogen and oxygen atoms in total. The van der Waals surface area contributed by atoms with E-state index in [1.54, 1.807) is 0 Å². The number of likely N-dealkylation sites (tertiary alicyclic amines) is 1. The van der Waals surface area contributed by atoms with Crippen LogP contribution in [0.2, 0.25) is 0 Å². The van der Waals surface area contributed by atoms with Gasteiger partial charge in [0.2, 0.25) is 5.88 Å². The fourth-order valence-corrected chi connectivity index (χ4v) is 5.79. The number of aromatic nitrogens is 1. The number of hydrogen-bond acceptors (Lipinski definition) is 5. The minimum Gasteiger partial charge on any atom is -0.429 e. The zero-order valence-electron chi connectivity index (χ0n) is 21.1. The summed E-state index contributed by atoms with van der Waals surface area (Å²) in [4.78, 5) is 32.7. The molecule has 36 heavy (non-hydrogen) atoms. The van der Waals surface area contributed by atoms with Gasteiger partial charge in [0.15, 0.2) is 0 Å². The van der Waals surface area contributed by atoms with E-state index in [9.17, 15) is 9.59 Å². The quantitative estimate of drug-likeness (QED) is 0.492. The standard InChI is InChI=1S/C28H34N4O4/c1-4-32(5-2)27(33)29-19-14-21-20-12-9-13-23-25(20)22(15-24(21)31(3)16-19)26(30-23)36-28(34)35-17-18-10-7-6-8-11-18/h6-13,19,21,24,30H,4-5,14-17H2,1-3H3,(H,29,33)/t19-,21?,24+/m0/s1. The topological polar surface area (TPSA) is 86.9 Å². The molecule has 0 bridgehead atoms. The summed E-state index contributed by atoms with van der Waals surface area (Å²) in [5.74, 6) is 0.731. The number of amides is 2. The van der Waals surface area contributed by atoms with E-state index >= 15 is 0 Å². The fraction of sp³-hybridized carbons (Fsp3) is 0.429. The summed E-state index contributed by atoms with van der Waals surface area (Å²) in [5.41, 5.74) is 4.10. The smallest absolute Gasteiger partial charge is 0.429 e. The second-order valence-electron chi connectivity index (χ2n) is 9.70. The van der Waals surface area contributed by atoms with Gasteiger partial charge in [0.25, 0.3) is 0 Å². The average molecular weight is 491 g/mol. The lowest BCUT2D eigenvalue weighted by molar-refractivity contribution is 0.0904. The molecule has 8 heteroatoms. The predicted molar refractivity (Wildman–Crippen MR) is 138 cm³/mol. The number of nitrogens with zero attached hydrogens (tertiary/aromatic N) is 2. The Labute approximate surface area is 211 Å². The highest BCUT2D eigenvalue weighted by Gasteiger charge is 2.41. The molecule has 1 saturated heterocycles. The van der Waals surface area contributed by atoms with Gasteiger partial charge in [-0.15, -0.1) is 0 Å². The number of nitrogens with one attached hydrogen (secondary N) is 2. The van der Waals surface area contributed by atoms with Crippen LogP contribution in [0.25, 0.3) is 10.9 Å². The van der Waals surface area contributed by atoms with Crippen molar-refractivity contribution in [1.82, 2.24) is 20.1 Å². The predicted octanol–water partition coefficient (Wildman–Crippen LogP) is 4.65. The summed E-state index contributed by atoms with van der Waals surface area (Å²) < 4.78 is 11.0. The molecule has 0 saturated carbocycles. The SMILES string of the molecule is CCN(CC)C(=O)N[C@H]1CC2c3cccc4[nH]c(OC(=O)OCc5ccccc5)c(c34)C[C@H]2N(C)C1. The first-order valence-electron chi connectivity index (χ1n) is 12.8. The highest BCUT2D eigenvalue weighted by Crippen LogP contribution is 2.46. The lowest BCUT2D eigenvalue weighted by Crippen LogP contribution is -2.56. The van der Waals surface area contributed by atoms with Crippen LogP contribution in [0.5, 0.6) is 5.88 Å². The second kappa shape index (κ2) is 10.2. The molecule has 2 aromatic carbocycles. The van der Waals surface area contributed by atoms with E-state index in [-0.39, 0.29) is 30.6 Å². The lowest BCUT2D eigenvalue weighted by Gasteiger charge is -2.45. The molecule has 0 spiro atoms. The number of H-pyrrole nitrogens is 1. The first-order valence-corrected chi connectivity index (χ1v) is 12.8. The minimum absolute atomic E-state index is 0.00194. The van der Waals surface area contributed by atoms with Crippen molar-refractivity contribution in [1.29, 1.82) is 0 Å². The van der Waals surface area contributed by atoms with Gasteiger partial charge < -0.3 is 29.6 Å². The number of piperidine rings is 1. The largest absolute Gasteiger partial charge is 0.515 e. The minimum atomic E-state index is -0.721. The molecule has 1 aromatic heterocycles. The van der Waals surface area contributed by atoms with Crippen molar-refractivity contribution >= 4 is 23.1 Å². The second-order valence-corrected chi connectivity index (χ2v) is 9.70. The van der Waals surface area contributed by atoms with Crippen molar-refractivity contribution in [3.05, 3.63) is 65.2 Å². The molecule has 1 aliphatic heterocycles. The van der Waals surface area contributed by atoms with E-state index in [0.717, 1.165) is 41.4 Å². The zero-order valence-corrected chi connectivity index (χ0v) is 21.1. The molecule has 0 radical (unpaired) electrons. The molecule has 2 heterocycles. The third kappa shape index (κ3) is 4.65. The number of carbonyl (C=O) groups is 2. The van der Waals surface area contributed by atoms with E-state index in [1.807, 2.05) is 61.2 Å². The average Bonchev–Trinajstić information content (AvgIpc) is 3.23. The van der Waals surface area contributed by atoms with Crippen molar-refractivity contribution < 1.29 is 19.1 Å². The van der Waals surface area contributed by atoms with Crippen molar-refractivity contribution in [3.63, 3.8) is 0 Å². The fourth-order valence-electron chi connectivity index (χ4n) is 5.79. The van der Waals surface area contributed by atoms with Crippen molar-refractivity contribution in [3.8, 4) is 5.88 Å². The highest BCUT2D eigenvalue weighted by molar-refractivity contribution is 5.91. The Balaban J connectivity index is 1.35. The van der Waals surface area contributed by atoms with Crippen LogP contribution in [0.1, 0.15) is 42.9 Å². The number of urea groups is 1. The van der Waals surface area contributed by atoms with Crippen molar-refractivity contribution in [2.45, 2.75) is 51.3 Å². The Bertz CT molecular complexity index is 1240. The molecule has 1 aliphatic carbocycles. The van der Waals surface area contributed by atoms with Gasteiger partial charge in [-0.2, -0.15) is 0 Å². The van der Waals surface area contributed by atoms with E-state index in [0.29, 0.717) is 19.0 Å². The third-order valence-electron chi connectivity index (χ3n) is 7.57. The van der Waals surface area contributed by atoms with Gasteiger partial charge in [-0.25, -0.2) is 9.59 Å². The lowest BCUT2D eigenvalue weighted by atomic mass is 9.74. The van der Waals surface area contributed by atoms with Crippen LogP contribution in [-0.4, -0.2) is 65.7 Å². The number of fused-ring (bicyclic) bond motifs is 2. The molecule has 3 aromatic rings. The first kappa shape index (κ1) is 24.2. The molecule has 3 atom stereocenters. The van der Waals surface area contributed by atoms with E-state index in [2.05, 4.69) is 28.3 Å². The molecule has 2 amide bonds. The van der Waals surface area contributed by atoms with Gasteiger partial charge in [0.05, 0.1) is 0 Å². The van der Waals surface area contributed by atoms with E-state index in [4.69, 9.17) is 9.47 Å². The molecular formula is C28H34N4O4. The molecule has 5 rings (SSSR count). The Hall–Kier alpha value is -3.52. The summed E-state index contributed by atoms with van der Waals surface area (Å²) >= 11 is 0. The highest BCUT2D eigenvalue weighted by atomic mass is 16.7. The van der Waals surface area contributed by atoms with Crippen LogP contribution < -0.4 is 10.1 Å². The van der Waals surface area contributed by atoms with Crippen LogP contribution in [0.3, 0.4) is 0 Å². The first-order chi connectivity index (χ1) is 17.5. The Morgan fingerprint density at radius 3 is 2.64 bits per heavy atom. The normalized spacial score (nSPS) is 21.0. The summed E-state index contributed by atoms with van der Waals surface area (Å²) in [5, 5.41) is 4.37. The van der Waals surface area contributed by atoms with Gasteiger partial charge in [-0.05, 0) is 50.9 Å². The molecular weight excluding hydrogens is 456 g/mol. The van der Waals surface area contributed by atoms with Crippen LogP contribution in [0, 0.1) is 0 Å². The number of benzene rings is 2. The molecule has 1 unspecified atom stereocenters. The zero-order chi connectivity index (χ0) is 25.2. The van der Waals surface area contributed by atoms with Crippen molar-refractivity contribution in [2.24, 2.45) is 0 Å². The van der Waals surface area contributed by atoms with Gasteiger partial charge in [0, 0.05) is 54.1 Å². The van der Waals surface area contributed by atoms with Crippen LogP contribution >= 0.6 is 0 Å². The number of rotatable bonds is 6. The molecule has 2 N–H and O–H groups in total. The number of carbonyl (C=O) groups excluding carboxylic acids is 2. The maximum Gasteiger partial charge on any atom is 0.515 e. The molecule has 190 valence electrons. The maximum absolute atomic E-state index is 12.7. The number of aromatic amines is 1. The molecule has 1 fully saturated rings. The Kier molecular flexibility index (Phi) is 6.87. The van der Waals surface area contributed by atoms with Crippen LogP contribution in [0.4, 0.5) is 9.59 Å². The third-order valence-corrected chi connectivity index (χ3v) is 7.57. The van der Waals surface area contributed by atoms with Crippen molar-refractivity contribution in [2.75, 3.05) is 26.7 Å². The Morgan fingerprint density at radius 2 is 1.89 bits per heavy atom. The summed E-state index contributed by atoms with van der Waals surface area (Å²) in [6.07, 6.45) is 0.915. The van der Waals surface area contributed by atoms with Gasteiger partial charge >= 0.3 is 12.2 Å². The maximum atomic E-state index is 12.7. The van der Waals surface area contributed by atoms with Gasteiger partial charge in [-0.3, -0.25) is 0 Å². The summed E-state index contributed by atoms with van der Waals surface area (Å²) in [6.45, 7) is 6.32. The van der Waals surface area contributed by atoms with E-state index < -0.39 is 6.16 Å². The van der Waals surface area contributed by atoms with Crippen LogP contribution in [-0.2, 0) is 17.8 Å². The Morgan fingerprint density at radius 1 is 1.11 bits per heavy atom. The number of hydrogen-bond donors (Lipinski definition) is 2. The van der Waals surface area contributed by atoms with E-state index in [1.165, 1.54) is 5.56 Å². The summed E-state index contributed by atoms with van der Waals surface area (Å²) in [7, 11) is 2.11. The monoisotopic (exact) mass is 490 g/mol. The summed E-state index contributed by atoms with van der Waals surface area (Å²) in [6, 6.07) is 16.1. The van der Waals surface area contributed by atoms with Gasteiger partial charge in [0.1, 0.15) is 6.61 Å². The number of ether oxygens (including phenoxy) is 2. The van der Waals surface area contributed by atoms with Crippen LogP contribution in [0.15, 0.2) is 48.5 Å². The van der Waals surface area contributed by atoms with Gasteiger partial charge in [-0.1, -0.05) is 42.5 Å². The molecule has 2 aliphatic rings.